The van der Waals surface area contributed by atoms with Crippen molar-refractivity contribution in [3.8, 4) is 0 Å². The largest absolute Gasteiger partial charge is 0.370 e. The number of unbranched alkanes of at least 4 members (excludes halogenated alkanes) is 2. The number of aryl methyl sites for hydroxylation is 2. The van der Waals surface area contributed by atoms with Gasteiger partial charge in [-0.15, -0.1) is 0 Å². The summed E-state index contributed by atoms with van der Waals surface area (Å²) in [7, 11) is 6.37. The van der Waals surface area contributed by atoms with E-state index < -0.39 is 0 Å². The summed E-state index contributed by atoms with van der Waals surface area (Å²) >= 11 is 0. The van der Waals surface area contributed by atoms with Gasteiger partial charge in [-0.25, -0.2) is 15.0 Å². The first kappa shape index (κ1) is 83.3. The third-order valence-corrected chi connectivity index (χ3v) is 21.9. The Hall–Kier alpha value is -12.7. The lowest BCUT2D eigenvalue weighted by atomic mass is 9.81. The van der Waals surface area contributed by atoms with Crippen LogP contribution < -0.4 is 38.1 Å². The number of imidazole rings is 3. The molecule has 0 atom stereocenters. The molecule has 29 nitrogen and oxygen atoms in total. The van der Waals surface area contributed by atoms with E-state index in [4.69, 9.17) is 22.2 Å². The van der Waals surface area contributed by atoms with Crippen molar-refractivity contribution >= 4 is 121 Å². The van der Waals surface area contributed by atoms with Crippen LogP contribution >= 0.6 is 0 Å². The second-order valence-electron chi connectivity index (χ2n) is 29.8. The first-order valence-electron chi connectivity index (χ1n) is 39.6. The van der Waals surface area contributed by atoms with E-state index in [2.05, 4.69) is 30.9 Å². The number of nitrogens with zero attached hydrogens (tertiary/aromatic N) is 12. The molecule has 4 heterocycles. The van der Waals surface area contributed by atoms with E-state index in [0.29, 0.717) is 142 Å². The Morgan fingerprint density at radius 1 is 0.461 bits per heavy atom. The maximum Gasteiger partial charge on any atom is 0.259 e. The molecule has 0 saturated heterocycles. The minimum Gasteiger partial charge on any atom is -0.370 e. The Kier molecular flexibility index (Phi) is 28.4. The van der Waals surface area contributed by atoms with Crippen molar-refractivity contribution in [2.45, 2.75) is 167 Å². The number of nitrogens with two attached hydrogens (primary N) is 3. The molecule has 29 heteroatoms. The number of anilines is 4. The lowest BCUT2D eigenvalue weighted by molar-refractivity contribution is -0.428. The molecule has 3 aliphatic carbocycles. The highest BCUT2D eigenvalue weighted by Crippen LogP contribution is 2.35. The zero-order valence-electron chi connectivity index (χ0n) is 65.9. The average molecular weight is 1560 g/mol. The van der Waals surface area contributed by atoms with Crippen molar-refractivity contribution in [1.29, 1.82) is 0 Å². The third-order valence-electron chi connectivity index (χ3n) is 21.9. The molecule has 3 aliphatic rings. The minimum absolute atomic E-state index is 0.000862. The normalized spacial score (nSPS) is 14.9. The molecular weight excluding hydrogens is 1460 g/mol. The molecule has 0 spiro atoms. The lowest BCUT2D eigenvalue weighted by Gasteiger charge is -2.33. The zero-order valence-corrected chi connectivity index (χ0v) is 65.9. The van der Waals surface area contributed by atoms with Crippen LogP contribution in [0, 0.1) is 21.6 Å². The Morgan fingerprint density at radius 2 is 0.887 bits per heavy atom. The van der Waals surface area contributed by atoms with Gasteiger partial charge >= 0.3 is 0 Å². The number of para-hydroxylation sites is 1. The number of nitroso groups, excluding NO2 is 2. The molecule has 0 aliphatic heterocycles. The summed E-state index contributed by atoms with van der Waals surface area (Å²) in [5.74, 6) is -0.820. The number of hydrogen-bond acceptors (Lipinski definition) is 15. The summed E-state index contributed by atoms with van der Waals surface area (Å²) in [4.78, 5) is 159. The van der Waals surface area contributed by atoms with Gasteiger partial charge in [0.15, 0.2) is 14.1 Å². The standard InChI is InChI=1S/C29H36N6O4.C29H36N6O3.C28H28N6O4/c1-3-34(23-9-5-4-6-10-23)28(38)21-14-17-25-24(19-21)31-29(35(25)18-8-7-11-26(30)36)32-27(37)20-12-15-22(16-13-20)33(2)39;1-34(23-7-3-2-4-8-23)28(38)21-13-14-25-24(16-21)32-29(33-27(37)22-6-5-15-31-17-22)35(25)18-19-9-11-20(12-10-19)26(30)36;1-32(21-8-4-3-5-9-21)27(37)20-13-16-24-23(18-20)30-28(34(24)17-7-6-10-25(29)35)31-26(36)19-11-14-22(15-12-19)33(2)38/h12-17,19,23H,3-11,18H2,1-2H3,(H2-,30,31,32,36,37);5-6,13-17,19-20,23H,2-4,7-12,18H2,1H3,(H2,30,36)(H,32,33,37);3-5,8-9,11-16,18H,6-7,10,17H2,1-2H3,(H2-,29,30,31,35,36)/p+2. The maximum absolute atomic E-state index is 13.5. The molecule has 115 heavy (non-hydrogen) atoms. The molecule has 9 amide bonds. The summed E-state index contributed by atoms with van der Waals surface area (Å²) in [6, 6.07) is 42.2. The molecule has 6 aromatic carbocycles. The highest BCUT2D eigenvalue weighted by molar-refractivity contribution is 6.09. The van der Waals surface area contributed by atoms with Gasteiger partial charge in [-0.05, 0) is 193 Å². The quantitative estimate of drug-likeness (QED) is 0.0196. The van der Waals surface area contributed by atoms with E-state index in [9.17, 15) is 53.0 Å². The van der Waals surface area contributed by atoms with Gasteiger partial charge in [-0.1, -0.05) is 56.7 Å². The van der Waals surface area contributed by atoms with E-state index in [1.54, 1.807) is 103 Å². The number of fused-ring (bicyclic) bond motifs is 3. The third kappa shape index (κ3) is 21.4. The summed E-state index contributed by atoms with van der Waals surface area (Å²) in [5.41, 5.74) is 24.7. The number of rotatable bonds is 28. The second kappa shape index (κ2) is 39.2. The van der Waals surface area contributed by atoms with Gasteiger partial charge < -0.3 is 45.6 Å². The summed E-state index contributed by atoms with van der Waals surface area (Å²) in [5, 5.41) is 8.69. The van der Waals surface area contributed by atoms with Crippen LogP contribution in [0.15, 0.2) is 158 Å². The van der Waals surface area contributed by atoms with Crippen LogP contribution in [-0.2, 0) is 34.0 Å². The van der Waals surface area contributed by atoms with E-state index in [0.717, 1.165) is 104 Å². The molecule has 9 N–H and O–H groups in total. The first-order valence-corrected chi connectivity index (χ1v) is 39.6. The summed E-state index contributed by atoms with van der Waals surface area (Å²) in [6.07, 6.45) is 20.7. The number of primary amides is 3. The lowest BCUT2D eigenvalue weighted by Crippen LogP contribution is -2.41. The molecule has 3 fully saturated rings. The predicted molar refractivity (Wildman–Crippen MR) is 441 cm³/mol. The average Bonchev–Trinajstić information content (AvgIpc) is 1.65. The van der Waals surface area contributed by atoms with Crippen LogP contribution in [0.4, 0.5) is 34.9 Å². The van der Waals surface area contributed by atoms with Gasteiger partial charge in [0, 0.05) is 161 Å². The Balaban J connectivity index is 0.000000170. The fraction of sp³-hybridized carbons (Fsp3) is 0.384. The van der Waals surface area contributed by atoms with Crippen molar-refractivity contribution in [1.82, 2.24) is 43.4 Å². The Labute approximate surface area is 666 Å². The van der Waals surface area contributed by atoms with Crippen molar-refractivity contribution in [3.05, 3.63) is 201 Å². The summed E-state index contributed by atoms with van der Waals surface area (Å²) < 4.78 is 7.20. The molecule has 4 aromatic heterocycles. The number of carbonyl (C=O) groups excluding carboxylic acids is 9. The van der Waals surface area contributed by atoms with Crippen LogP contribution in [0.3, 0.4) is 0 Å². The van der Waals surface area contributed by atoms with Crippen molar-refractivity contribution in [2.24, 2.45) is 29.0 Å². The highest BCUT2D eigenvalue weighted by atomic mass is 16.3. The Morgan fingerprint density at radius 3 is 1.32 bits per heavy atom. The summed E-state index contributed by atoms with van der Waals surface area (Å²) in [6.45, 7) is 4.31. The molecule has 13 rings (SSSR count). The van der Waals surface area contributed by atoms with E-state index in [1.807, 2.05) is 98.1 Å². The van der Waals surface area contributed by atoms with E-state index in [1.165, 1.54) is 33.1 Å². The van der Waals surface area contributed by atoms with Crippen LogP contribution in [0.5, 0.6) is 0 Å². The molecule has 0 unspecified atom stereocenters. The van der Waals surface area contributed by atoms with E-state index in [-0.39, 0.29) is 84.0 Å². The predicted octanol–water partition coefficient (Wildman–Crippen LogP) is 13.4. The van der Waals surface area contributed by atoms with Crippen LogP contribution in [0.25, 0.3) is 33.1 Å². The van der Waals surface area contributed by atoms with Crippen molar-refractivity contribution in [2.75, 3.05) is 55.6 Å². The van der Waals surface area contributed by atoms with Gasteiger partial charge in [0.25, 0.3) is 46.8 Å². The molecule has 0 radical (unpaired) electrons. The highest BCUT2D eigenvalue weighted by Gasteiger charge is 2.31. The number of pyridine rings is 1. The van der Waals surface area contributed by atoms with Crippen LogP contribution in [0.2, 0.25) is 0 Å². The molecule has 600 valence electrons. The fourth-order valence-electron chi connectivity index (χ4n) is 15.3. The fourth-order valence-corrected chi connectivity index (χ4v) is 15.3. The Bertz CT molecular complexity index is 5180. The van der Waals surface area contributed by atoms with Crippen molar-refractivity contribution in [3.63, 3.8) is 0 Å². The molecule has 3 saturated carbocycles. The monoisotopic (exact) mass is 1560 g/mol. The maximum atomic E-state index is 13.5. The van der Waals surface area contributed by atoms with Crippen LogP contribution in [0.1, 0.15) is 197 Å². The SMILES string of the molecule is CCN(C(=O)c1ccc2c(c1)nc(NC(=O)c1ccc([N+](C)=O)cc1)n2CCCCC(N)=O)C1CCCCC1.CN(C(=O)c1ccc2c(c1)nc(NC(=O)c1ccc([N+](C)=O)cc1)n2CCCCC(N)=O)c1ccccc1.CN(C(=O)c1ccc2c(c1)nc(NC(=O)c1cccnc1)n2CC1CCC(C(N)=O)CC1)C1CCCCC1. The molecule has 10 aromatic rings. The minimum atomic E-state index is -0.390. The first-order chi connectivity index (χ1) is 55.4. The topological polar surface area (TPSA) is 384 Å². The van der Waals surface area contributed by atoms with Crippen LogP contribution in [-0.4, -0.2) is 153 Å². The number of aromatic nitrogens is 7. The van der Waals surface area contributed by atoms with Gasteiger partial charge in [-0.3, -0.25) is 64.1 Å². The molecular formula is C86H102N18O11+2. The number of benzene rings is 6. The number of nitrogens with one attached hydrogen (secondary N) is 3. The van der Waals surface area contributed by atoms with E-state index >= 15 is 0 Å². The number of hydrogen-bond donors (Lipinski definition) is 6. The van der Waals surface area contributed by atoms with Gasteiger partial charge in [0.05, 0.1) is 38.7 Å². The van der Waals surface area contributed by atoms with Gasteiger partial charge in [0.2, 0.25) is 35.6 Å². The molecule has 0 bridgehead atoms. The van der Waals surface area contributed by atoms with Gasteiger partial charge in [0.1, 0.15) is 0 Å². The smallest absolute Gasteiger partial charge is 0.259 e. The second-order valence-corrected chi connectivity index (χ2v) is 29.8. The number of amides is 9. The number of carbonyl (C=O) groups is 9. The van der Waals surface area contributed by atoms with Gasteiger partial charge in [-0.2, -0.15) is 0 Å². The zero-order chi connectivity index (χ0) is 81.8. The van der Waals surface area contributed by atoms with Crippen molar-refractivity contribution < 1.29 is 52.7 Å².